The van der Waals surface area contributed by atoms with Crippen LogP contribution in [0.3, 0.4) is 0 Å². The van der Waals surface area contributed by atoms with Gasteiger partial charge < -0.3 is 33.9 Å². The van der Waals surface area contributed by atoms with E-state index >= 15 is 0 Å². The van der Waals surface area contributed by atoms with Gasteiger partial charge in [0.05, 0.1) is 0 Å². The van der Waals surface area contributed by atoms with Gasteiger partial charge in [-0.05, 0) is 42.9 Å². The first kappa shape index (κ1) is 38.7. The van der Waals surface area contributed by atoms with Crippen LogP contribution in [0.15, 0.2) is 18.2 Å². The van der Waals surface area contributed by atoms with Crippen LogP contribution in [0, 0.1) is 0 Å². The summed E-state index contributed by atoms with van der Waals surface area (Å²) in [6, 6.07) is 6.31. The van der Waals surface area contributed by atoms with Gasteiger partial charge in [0.2, 0.25) is 0 Å². The molecule has 0 heterocycles. The van der Waals surface area contributed by atoms with Crippen molar-refractivity contribution in [3.05, 3.63) is 29.3 Å². The quantitative estimate of drug-likeness (QED) is 0.0440. The molecule has 38 heavy (non-hydrogen) atoms. The second-order valence-corrected chi connectivity index (χ2v) is 15.7. The molecule has 1 aromatic rings. The van der Waals surface area contributed by atoms with E-state index in [0.717, 1.165) is 24.8 Å². The summed E-state index contributed by atoms with van der Waals surface area (Å²) in [4.78, 5) is 12.0. The molecule has 2 nitrogen and oxygen atoms in total. The summed E-state index contributed by atoms with van der Waals surface area (Å²) in [5.74, 6) is 0.642. The molecule has 0 amide bonds. The molecule has 0 atom stereocenters. The zero-order valence-corrected chi connectivity index (χ0v) is 30.5. The monoisotopic (exact) mass is 632 g/mol. The van der Waals surface area contributed by atoms with Crippen LogP contribution < -0.4 is 9.42 Å². The molecule has 0 bridgehead atoms. The summed E-state index contributed by atoms with van der Waals surface area (Å²) in [6.45, 7) is 4.56. The van der Waals surface area contributed by atoms with Crippen LogP contribution in [0.5, 0.6) is 5.75 Å². The molecule has 0 spiro atoms. The van der Waals surface area contributed by atoms with Gasteiger partial charge >= 0.3 is 19.5 Å². The third-order valence-corrected chi connectivity index (χ3v) is 8.32. The van der Waals surface area contributed by atoms with Gasteiger partial charge in [0.15, 0.2) is 5.75 Å². The summed E-state index contributed by atoms with van der Waals surface area (Å²) in [7, 11) is 0. The molecule has 0 saturated heterocycles. The molecule has 6 heteroatoms. The van der Waals surface area contributed by atoms with Crippen LogP contribution in [-0.2, 0) is 56.8 Å². The number of benzene rings is 1. The van der Waals surface area contributed by atoms with Crippen molar-refractivity contribution in [1.29, 1.82) is 0 Å². The molecule has 1 aromatic carbocycles. The van der Waals surface area contributed by atoms with Crippen molar-refractivity contribution in [2.45, 2.75) is 168 Å². The minimum atomic E-state index is -3.38. The predicted molar refractivity (Wildman–Crippen MR) is 169 cm³/mol. The fourth-order valence-corrected chi connectivity index (χ4v) is 6.07. The van der Waals surface area contributed by atoms with Gasteiger partial charge in [-0.3, -0.25) is 0 Å². The summed E-state index contributed by atoms with van der Waals surface area (Å²) in [5.41, 5.74) is 2.48. The van der Waals surface area contributed by atoms with E-state index in [1.54, 1.807) is 0 Å². The normalized spacial score (nSPS) is 11.5. The third-order valence-electron chi connectivity index (χ3n) is 7.45. The van der Waals surface area contributed by atoms with Crippen LogP contribution in [0.2, 0.25) is 0 Å². The molecule has 0 fully saturated rings. The molecular weight excluding hydrogens is 577 g/mol. The Hall–Kier alpha value is 0.733. The average molecular weight is 634 g/mol. The van der Waals surface area contributed by atoms with Crippen molar-refractivity contribution in [3.63, 3.8) is 0 Å². The summed E-state index contributed by atoms with van der Waals surface area (Å²) >= 11 is 9.78. The number of hydrogen-bond acceptors (Lipinski definition) is 4. The predicted octanol–water partition coefficient (Wildman–Crippen LogP) is 10.9. The first-order valence-electron chi connectivity index (χ1n) is 15.8. The van der Waals surface area contributed by atoms with Crippen molar-refractivity contribution in [3.8, 4) is 5.75 Å². The molecule has 1 rings (SSSR count). The van der Waals surface area contributed by atoms with Crippen LogP contribution in [0.1, 0.15) is 166 Å². The maximum absolute atomic E-state index is 12.0. The van der Waals surface area contributed by atoms with Gasteiger partial charge in [0.1, 0.15) is 0 Å². The Bertz CT molecular complexity index is 655. The van der Waals surface area contributed by atoms with Crippen LogP contribution in [0.4, 0.5) is 0 Å². The fourth-order valence-electron chi connectivity index (χ4n) is 5.17. The second-order valence-electron chi connectivity index (χ2n) is 11.1. The summed E-state index contributed by atoms with van der Waals surface area (Å²) in [6.07, 6.45) is 28.4. The van der Waals surface area contributed by atoms with E-state index < -0.39 is 6.12 Å². The van der Waals surface area contributed by atoms with E-state index in [2.05, 4.69) is 26.0 Å². The molecule has 0 aliphatic rings. The molecule has 0 aliphatic carbocycles. The first-order valence-corrected chi connectivity index (χ1v) is 19.4. The van der Waals surface area contributed by atoms with E-state index in [-0.39, 0.29) is 19.5 Å². The third kappa shape index (κ3) is 23.4. The maximum atomic E-state index is 12.0. The van der Waals surface area contributed by atoms with Gasteiger partial charge in [0, 0.05) is 0 Å². The minimum Gasteiger partial charge on any atom is -0.682 e. The van der Waals surface area contributed by atoms with Gasteiger partial charge in [-0.1, -0.05) is 154 Å². The van der Waals surface area contributed by atoms with Crippen molar-refractivity contribution in [2.75, 3.05) is 0 Å². The summed E-state index contributed by atoms with van der Waals surface area (Å²) < 4.78 is 5.53. The number of aryl methyl sites for hydroxylation is 2. The van der Waals surface area contributed by atoms with Gasteiger partial charge in [-0.25, -0.2) is 0 Å². The van der Waals surface area contributed by atoms with Gasteiger partial charge in [-0.2, -0.15) is 0 Å². The number of unbranched alkanes of at least 4 members (excludes halogenated alkanes) is 20. The SMILES string of the molecule is CCCCCCCCCCCCCc1ccc(O[P+]([O-])([S-])[S-])c(CCCCCCCCCCCCC)c1.[Zn+2]. The van der Waals surface area contributed by atoms with Crippen LogP contribution in [-0.4, -0.2) is 0 Å². The van der Waals surface area contributed by atoms with E-state index in [0.29, 0.717) is 5.75 Å². The largest absolute Gasteiger partial charge is 2.00 e. The zero-order valence-electron chi connectivity index (χ0n) is 25.0. The standard InChI is InChI=1S/C32H59O2PS2.Zn/c1-3-5-7-9-11-13-15-17-19-21-23-25-30-27-28-32(34-35(33,36)37)31(29-30)26-24-22-20-18-16-14-12-10-8-6-4-2;/h27-29H,3-26H2,1-2H3,(H2,33,36,37);/q;+2/p-2. The Balaban J connectivity index is 0.0000137. The molecule has 216 valence electrons. The molecule has 0 N–H and O–H groups in total. The Morgan fingerprint density at radius 1 is 0.579 bits per heavy atom. The topological polar surface area (TPSA) is 32.3 Å². The molecule has 0 saturated carbocycles. The van der Waals surface area contributed by atoms with Crippen molar-refractivity contribution < 1.29 is 28.9 Å². The minimum absolute atomic E-state index is 0. The first-order chi connectivity index (χ1) is 18.0. The van der Waals surface area contributed by atoms with E-state index in [1.807, 2.05) is 6.07 Å². The maximum Gasteiger partial charge on any atom is 2.00 e. The van der Waals surface area contributed by atoms with Gasteiger partial charge in [-0.15, -0.1) is 6.12 Å². The Labute approximate surface area is 261 Å². The van der Waals surface area contributed by atoms with E-state index in [1.165, 1.54) is 140 Å². The molecule has 0 aliphatic heterocycles. The van der Waals surface area contributed by atoms with E-state index in [9.17, 15) is 4.89 Å². The fraction of sp³-hybridized carbons (Fsp3) is 0.812. The van der Waals surface area contributed by atoms with Crippen molar-refractivity contribution in [1.82, 2.24) is 0 Å². The van der Waals surface area contributed by atoms with Crippen molar-refractivity contribution >= 4 is 30.6 Å². The van der Waals surface area contributed by atoms with Crippen LogP contribution in [0.25, 0.3) is 0 Å². The molecule has 0 aromatic heterocycles. The van der Waals surface area contributed by atoms with Crippen LogP contribution >= 0.6 is 6.12 Å². The molecule has 0 radical (unpaired) electrons. The number of hydrogen-bond donors (Lipinski definition) is 0. The Kier molecular flexibility index (Phi) is 27.1. The molecular formula is C32H57O2PS2Zn. The zero-order chi connectivity index (χ0) is 27.0. The molecule has 0 unspecified atom stereocenters. The Morgan fingerprint density at radius 2 is 0.947 bits per heavy atom. The van der Waals surface area contributed by atoms with E-state index in [4.69, 9.17) is 29.0 Å². The van der Waals surface area contributed by atoms with Crippen molar-refractivity contribution in [2.24, 2.45) is 0 Å². The smallest absolute Gasteiger partial charge is 0.682 e. The second kappa shape index (κ2) is 26.6. The number of rotatable bonds is 26. The average Bonchev–Trinajstić information content (AvgIpc) is 2.86. The summed E-state index contributed by atoms with van der Waals surface area (Å²) in [5, 5.41) is 0. The van der Waals surface area contributed by atoms with Gasteiger partial charge in [0.25, 0.3) is 0 Å². The Morgan fingerprint density at radius 3 is 1.34 bits per heavy atom.